The Hall–Kier alpha value is -2.02. The molecule has 1 saturated heterocycles. The molecular weight excluding hydrogens is 300 g/mol. The molecule has 0 bridgehead atoms. The Morgan fingerprint density at radius 3 is 2.95 bits per heavy atom. The standard InChI is InChI=1S/C15H18N4O2S/c1-10-5-6-13(18-17-10)19-7-3-4-12(19)8-21-15(20)14-11(2)16-9-22-14/h5-6,9,12H,3-4,7-8H2,1-2H3. The number of anilines is 1. The number of ether oxygens (including phenoxy) is 1. The molecule has 1 aliphatic rings. The smallest absolute Gasteiger partial charge is 0.350 e. The minimum atomic E-state index is -0.290. The van der Waals surface area contributed by atoms with Crippen molar-refractivity contribution < 1.29 is 9.53 Å². The first-order valence-electron chi connectivity index (χ1n) is 7.29. The zero-order valence-electron chi connectivity index (χ0n) is 12.7. The van der Waals surface area contributed by atoms with E-state index in [2.05, 4.69) is 20.1 Å². The Morgan fingerprint density at radius 1 is 1.41 bits per heavy atom. The van der Waals surface area contributed by atoms with Gasteiger partial charge in [-0.2, -0.15) is 5.10 Å². The second-order valence-electron chi connectivity index (χ2n) is 5.39. The van der Waals surface area contributed by atoms with Gasteiger partial charge in [-0.1, -0.05) is 0 Å². The lowest BCUT2D eigenvalue weighted by Crippen LogP contribution is -2.34. The molecule has 0 radical (unpaired) electrons. The lowest BCUT2D eigenvalue weighted by Gasteiger charge is -2.24. The average molecular weight is 318 g/mol. The summed E-state index contributed by atoms with van der Waals surface area (Å²) in [5.74, 6) is 0.556. The van der Waals surface area contributed by atoms with Gasteiger partial charge in [0.1, 0.15) is 11.5 Å². The SMILES string of the molecule is Cc1ccc(N2CCCC2COC(=O)c2scnc2C)nn1. The summed E-state index contributed by atoms with van der Waals surface area (Å²) in [4.78, 5) is 18.9. The molecule has 0 amide bonds. The van der Waals surface area contributed by atoms with Crippen LogP contribution in [0, 0.1) is 13.8 Å². The molecule has 116 valence electrons. The van der Waals surface area contributed by atoms with Gasteiger partial charge in [-0.25, -0.2) is 9.78 Å². The van der Waals surface area contributed by atoms with Crippen molar-refractivity contribution in [3.8, 4) is 0 Å². The van der Waals surface area contributed by atoms with Gasteiger partial charge in [0, 0.05) is 6.54 Å². The van der Waals surface area contributed by atoms with E-state index >= 15 is 0 Å². The van der Waals surface area contributed by atoms with Gasteiger partial charge < -0.3 is 9.64 Å². The number of thiazole rings is 1. The van der Waals surface area contributed by atoms with Crippen molar-refractivity contribution in [2.24, 2.45) is 0 Å². The highest BCUT2D eigenvalue weighted by Crippen LogP contribution is 2.24. The Morgan fingerprint density at radius 2 is 2.27 bits per heavy atom. The first-order chi connectivity index (χ1) is 10.6. The zero-order chi connectivity index (χ0) is 15.5. The summed E-state index contributed by atoms with van der Waals surface area (Å²) >= 11 is 1.32. The van der Waals surface area contributed by atoms with Gasteiger partial charge in [-0.15, -0.1) is 16.4 Å². The predicted molar refractivity (Wildman–Crippen MR) is 84.3 cm³/mol. The number of rotatable bonds is 4. The van der Waals surface area contributed by atoms with E-state index in [1.54, 1.807) is 5.51 Å². The van der Waals surface area contributed by atoms with Crippen LogP contribution in [0.1, 0.15) is 33.9 Å². The largest absolute Gasteiger partial charge is 0.459 e. The van der Waals surface area contributed by atoms with E-state index in [1.165, 1.54) is 11.3 Å². The van der Waals surface area contributed by atoms with Crippen LogP contribution in [0.25, 0.3) is 0 Å². The summed E-state index contributed by atoms with van der Waals surface area (Å²) in [5.41, 5.74) is 3.28. The monoisotopic (exact) mass is 318 g/mol. The van der Waals surface area contributed by atoms with Crippen LogP contribution >= 0.6 is 11.3 Å². The second kappa shape index (κ2) is 6.39. The van der Waals surface area contributed by atoms with Crippen LogP contribution < -0.4 is 4.90 Å². The maximum Gasteiger partial charge on any atom is 0.350 e. The highest BCUT2D eigenvalue weighted by molar-refractivity contribution is 7.11. The fourth-order valence-corrected chi connectivity index (χ4v) is 3.29. The Kier molecular flexibility index (Phi) is 4.33. The highest BCUT2D eigenvalue weighted by Gasteiger charge is 2.27. The van der Waals surface area contributed by atoms with Crippen LogP contribution in [-0.2, 0) is 4.74 Å². The molecule has 3 heterocycles. The van der Waals surface area contributed by atoms with Crippen molar-refractivity contribution >= 4 is 23.1 Å². The van der Waals surface area contributed by atoms with Crippen LogP contribution in [0.2, 0.25) is 0 Å². The van der Waals surface area contributed by atoms with Gasteiger partial charge in [-0.05, 0) is 38.8 Å². The van der Waals surface area contributed by atoms with E-state index < -0.39 is 0 Å². The number of carbonyl (C=O) groups excluding carboxylic acids is 1. The van der Waals surface area contributed by atoms with Crippen LogP contribution in [0.3, 0.4) is 0 Å². The molecule has 7 heteroatoms. The molecule has 2 aromatic rings. The van der Waals surface area contributed by atoms with Crippen LogP contribution in [0.4, 0.5) is 5.82 Å². The fourth-order valence-electron chi connectivity index (χ4n) is 2.59. The van der Waals surface area contributed by atoms with Crippen molar-refractivity contribution in [1.82, 2.24) is 15.2 Å². The third-order valence-electron chi connectivity index (χ3n) is 3.79. The maximum absolute atomic E-state index is 12.1. The number of carbonyl (C=O) groups is 1. The van der Waals surface area contributed by atoms with Gasteiger partial charge in [0.2, 0.25) is 0 Å². The number of aromatic nitrogens is 3. The lowest BCUT2D eigenvalue weighted by molar-refractivity contribution is 0.0487. The predicted octanol–water partition coefficient (Wildman–Crippen LogP) is 2.38. The third-order valence-corrected chi connectivity index (χ3v) is 4.70. The Labute approximate surface area is 133 Å². The Bertz CT molecular complexity index is 656. The summed E-state index contributed by atoms with van der Waals surface area (Å²) in [6.07, 6.45) is 2.06. The van der Waals surface area contributed by atoms with Gasteiger partial charge in [-0.3, -0.25) is 0 Å². The molecule has 0 N–H and O–H groups in total. The van der Waals surface area contributed by atoms with Crippen molar-refractivity contribution in [3.05, 3.63) is 33.9 Å². The van der Waals surface area contributed by atoms with Gasteiger partial charge in [0.25, 0.3) is 0 Å². The van der Waals surface area contributed by atoms with E-state index in [0.29, 0.717) is 11.5 Å². The van der Waals surface area contributed by atoms with Crippen LogP contribution in [0.15, 0.2) is 17.6 Å². The minimum Gasteiger partial charge on any atom is -0.459 e. The summed E-state index contributed by atoms with van der Waals surface area (Å²) in [7, 11) is 0. The number of aryl methyl sites for hydroxylation is 2. The first kappa shape index (κ1) is 14.9. The van der Waals surface area contributed by atoms with E-state index in [-0.39, 0.29) is 12.0 Å². The van der Waals surface area contributed by atoms with E-state index in [1.807, 2.05) is 26.0 Å². The molecule has 1 unspecified atom stereocenters. The molecule has 0 aliphatic carbocycles. The summed E-state index contributed by atoms with van der Waals surface area (Å²) in [6, 6.07) is 4.08. The molecule has 6 nitrogen and oxygen atoms in total. The molecular formula is C15H18N4O2S. The molecule has 0 saturated carbocycles. The quantitative estimate of drug-likeness (QED) is 0.806. The molecule has 1 fully saturated rings. The van der Waals surface area contributed by atoms with Crippen LogP contribution in [-0.4, -0.2) is 40.3 Å². The van der Waals surface area contributed by atoms with Crippen molar-refractivity contribution in [3.63, 3.8) is 0 Å². The van der Waals surface area contributed by atoms with E-state index in [4.69, 9.17) is 4.74 Å². The molecule has 0 spiro atoms. The zero-order valence-corrected chi connectivity index (χ0v) is 13.5. The van der Waals surface area contributed by atoms with Crippen LogP contribution in [0.5, 0.6) is 0 Å². The molecule has 22 heavy (non-hydrogen) atoms. The molecule has 1 aliphatic heterocycles. The maximum atomic E-state index is 12.1. The summed E-state index contributed by atoms with van der Waals surface area (Å²) < 4.78 is 5.47. The van der Waals surface area contributed by atoms with Crippen molar-refractivity contribution in [2.75, 3.05) is 18.1 Å². The normalized spacial score (nSPS) is 17.7. The average Bonchev–Trinajstić information content (AvgIpc) is 3.14. The summed E-state index contributed by atoms with van der Waals surface area (Å²) in [5, 5.41) is 8.33. The lowest BCUT2D eigenvalue weighted by atomic mass is 10.2. The number of esters is 1. The fraction of sp³-hybridized carbons (Fsp3) is 0.467. The number of hydrogen-bond donors (Lipinski definition) is 0. The molecule has 2 aromatic heterocycles. The highest BCUT2D eigenvalue weighted by atomic mass is 32.1. The van der Waals surface area contributed by atoms with E-state index in [9.17, 15) is 4.79 Å². The van der Waals surface area contributed by atoms with Crippen molar-refractivity contribution in [2.45, 2.75) is 32.7 Å². The first-order valence-corrected chi connectivity index (χ1v) is 8.17. The molecule has 1 atom stereocenters. The minimum absolute atomic E-state index is 0.161. The molecule has 3 rings (SSSR count). The second-order valence-corrected chi connectivity index (χ2v) is 6.24. The number of hydrogen-bond acceptors (Lipinski definition) is 7. The van der Waals surface area contributed by atoms with Gasteiger partial charge in [0.15, 0.2) is 5.82 Å². The van der Waals surface area contributed by atoms with E-state index in [0.717, 1.165) is 36.6 Å². The Balaban J connectivity index is 1.63. The third kappa shape index (κ3) is 3.09. The van der Waals surface area contributed by atoms with Gasteiger partial charge in [0.05, 0.1) is 22.9 Å². The molecule has 0 aromatic carbocycles. The van der Waals surface area contributed by atoms with Gasteiger partial charge >= 0.3 is 5.97 Å². The topological polar surface area (TPSA) is 68.2 Å². The van der Waals surface area contributed by atoms with Crippen molar-refractivity contribution in [1.29, 1.82) is 0 Å². The summed E-state index contributed by atoms with van der Waals surface area (Å²) in [6.45, 7) is 5.01. The number of nitrogens with zero attached hydrogens (tertiary/aromatic N) is 4.